The molecule has 2 rings (SSSR count). The molecule has 2 aromatic rings. The summed E-state index contributed by atoms with van der Waals surface area (Å²) in [6.45, 7) is 1.02. The Labute approximate surface area is 91.2 Å². The van der Waals surface area contributed by atoms with E-state index in [1.807, 2.05) is 30.3 Å². The predicted octanol–water partition coefficient (Wildman–Crippen LogP) is 2.18. The van der Waals surface area contributed by atoms with E-state index in [9.17, 15) is 0 Å². The van der Waals surface area contributed by atoms with Crippen LogP contribution in [0.2, 0.25) is 0 Å². The zero-order valence-corrected chi connectivity index (χ0v) is 8.40. The van der Waals surface area contributed by atoms with Crippen LogP contribution in [0.15, 0.2) is 34.7 Å². The Kier molecular flexibility index (Phi) is 2.18. The number of hydrogen-bond acceptors (Lipinski definition) is 3. The number of oxazole rings is 1. The number of aliphatic hydroxyl groups excluding tert-OH is 1. The Balaban J connectivity index is 2.45. The summed E-state index contributed by atoms with van der Waals surface area (Å²) in [5.41, 5.74) is 0.939. The first-order chi connectivity index (χ1) is 8.04. The zero-order valence-electron chi connectivity index (χ0n) is 10.4. The summed E-state index contributed by atoms with van der Waals surface area (Å²) in [6.07, 6.45) is -1.87. The fourth-order valence-electron chi connectivity index (χ4n) is 1.34. The summed E-state index contributed by atoms with van der Waals surface area (Å²) in [5, 5.41) is 9.00. The molecule has 78 valence electrons. The monoisotopic (exact) mass is 205 g/mol. The van der Waals surface area contributed by atoms with Crippen molar-refractivity contribution in [2.75, 3.05) is 6.61 Å². The lowest BCUT2D eigenvalue weighted by Crippen LogP contribution is -1.92. The molecule has 15 heavy (non-hydrogen) atoms. The topological polar surface area (TPSA) is 46.3 Å². The Hall–Kier alpha value is -1.61. The summed E-state index contributed by atoms with van der Waals surface area (Å²) < 4.78 is 20.7. The molecule has 0 amide bonds. The van der Waals surface area contributed by atoms with Gasteiger partial charge >= 0.3 is 0 Å². The van der Waals surface area contributed by atoms with Gasteiger partial charge in [0.05, 0.1) is 5.69 Å². The SMILES string of the molecule is [2H]C([2H])(CO)c1nc(-c2ccccc2)oc1C. The summed E-state index contributed by atoms with van der Waals surface area (Å²) in [5.74, 6) is 0.762. The largest absolute Gasteiger partial charge is 0.441 e. The third-order valence-electron chi connectivity index (χ3n) is 2.06. The van der Waals surface area contributed by atoms with Gasteiger partial charge in [-0.3, -0.25) is 0 Å². The molecule has 1 N–H and O–H groups in total. The molecule has 0 aliphatic heterocycles. The number of aromatic nitrogens is 1. The lowest BCUT2D eigenvalue weighted by molar-refractivity contribution is 0.297. The van der Waals surface area contributed by atoms with Crippen LogP contribution in [0.1, 0.15) is 14.2 Å². The highest BCUT2D eigenvalue weighted by atomic mass is 16.4. The number of nitrogens with zero attached hydrogens (tertiary/aromatic N) is 1. The number of benzene rings is 1. The molecule has 3 nitrogen and oxygen atoms in total. The maximum absolute atomic E-state index is 9.00. The molecule has 0 atom stereocenters. The molecule has 0 aliphatic carbocycles. The highest BCUT2D eigenvalue weighted by Crippen LogP contribution is 2.21. The van der Waals surface area contributed by atoms with E-state index in [0.29, 0.717) is 11.7 Å². The summed E-state index contributed by atoms with van der Waals surface area (Å²) in [4.78, 5) is 4.12. The van der Waals surface area contributed by atoms with Crippen molar-refractivity contribution >= 4 is 0 Å². The van der Waals surface area contributed by atoms with E-state index in [-0.39, 0.29) is 5.69 Å². The van der Waals surface area contributed by atoms with E-state index in [2.05, 4.69) is 4.98 Å². The number of rotatable bonds is 3. The fraction of sp³-hybridized carbons (Fsp3) is 0.250. The van der Waals surface area contributed by atoms with Crippen LogP contribution in [0.4, 0.5) is 0 Å². The van der Waals surface area contributed by atoms with Gasteiger partial charge in [0, 0.05) is 21.3 Å². The van der Waals surface area contributed by atoms with E-state index >= 15 is 0 Å². The van der Waals surface area contributed by atoms with Gasteiger partial charge in [-0.2, -0.15) is 0 Å². The molecule has 1 aromatic carbocycles. The third kappa shape index (κ3) is 2.07. The quantitative estimate of drug-likeness (QED) is 0.835. The average molecular weight is 205 g/mol. The van der Waals surface area contributed by atoms with Crippen LogP contribution in [0.5, 0.6) is 0 Å². The smallest absolute Gasteiger partial charge is 0.226 e. The second-order valence-corrected chi connectivity index (χ2v) is 3.12. The summed E-state index contributed by atoms with van der Waals surface area (Å²) in [7, 11) is 0. The van der Waals surface area contributed by atoms with Gasteiger partial charge < -0.3 is 9.52 Å². The van der Waals surface area contributed by atoms with Gasteiger partial charge in [0.15, 0.2) is 0 Å². The first-order valence-electron chi connectivity index (χ1n) is 5.69. The standard InChI is InChI=1S/C12H13NO2/c1-9-11(7-8-14)13-12(15-9)10-5-3-2-4-6-10/h2-6,14H,7-8H2,1H3/i7D2. The molecule has 0 bridgehead atoms. The van der Waals surface area contributed by atoms with Gasteiger partial charge in [0.2, 0.25) is 5.89 Å². The second kappa shape index (κ2) is 4.28. The third-order valence-corrected chi connectivity index (χ3v) is 2.06. The molecule has 0 aliphatic rings. The minimum Gasteiger partial charge on any atom is -0.441 e. The lowest BCUT2D eigenvalue weighted by Gasteiger charge is -1.92. The Morgan fingerprint density at radius 2 is 2.13 bits per heavy atom. The zero-order chi connectivity index (χ0) is 12.5. The van der Waals surface area contributed by atoms with E-state index in [4.69, 9.17) is 12.3 Å². The highest BCUT2D eigenvalue weighted by Gasteiger charge is 2.09. The summed E-state index contributed by atoms with van der Waals surface area (Å²) >= 11 is 0. The molecule has 0 saturated heterocycles. The molecule has 0 radical (unpaired) electrons. The Bertz CT molecular complexity index is 508. The van der Waals surface area contributed by atoms with Crippen molar-refractivity contribution < 1.29 is 12.3 Å². The van der Waals surface area contributed by atoms with Crippen LogP contribution >= 0.6 is 0 Å². The maximum Gasteiger partial charge on any atom is 0.226 e. The highest BCUT2D eigenvalue weighted by molar-refractivity contribution is 5.53. The van der Waals surface area contributed by atoms with E-state index in [0.717, 1.165) is 5.56 Å². The molecule has 1 heterocycles. The van der Waals surface area contributed by atoms with Crippen LogP contribution in [-0.2, 0) is 6.37 Å². The van der Waals surface area contributed by atoms with Crippen molar-refractivity contribution in [2.24, 2.45) is 0 Å². The van der Waals surface area contributed by atoms with Crippen LogP contribution in [0.25, 0.3) is 11.5 Å². The number of hydrogen-bond donors (Lipinski definition) is 1. The van der Waals surface area contributed by atoms with Crippen LogP contribution in [0, 0.1) is 6.92 Å². The average Bonchev–Trinajstić information content (AvgIpc) is 2.73. The van der Waals surface area contributed by atoms with Gasteiger partial charge in [0.1, 0.15) is 5.76 Å². The second-order valence-electron chi connectivity index (χ2n) is 3.12. The number of aryl methyl sites for hydroxylation is 1. The Morgan fingerprint density at radius 1 is 1.40 bits per heavy atom. The minimum absolute atomic E-state index is 0.152. The molecule has 0 spiro atoms. The fourth-order valence-corrected chi connectivity index (χ4v) is 1.34. The molecule has 1 aromatic heterocycles. The van der Waals surface area contributed by atoms with Crippen molar-refractivity contribution in [1.82, 2.24) is 4.98 Å². The van der Waals surface area contributed by atoms with Gasteiger partial charge in [-0.25, -0.2) is 4.98 Å². The summed E-state index contributed by atoms with van der Waals surface area (Å²) in [6, 6.07) is 9.27. The maximum atomic E-state index is 9.00. The predicted molar refractivity (Wildman–Crippen MR) is 57.5 cm³/mol. The van der Waals surface area contributed by atoms with Gasteiger partial charge in [-0.05, 0) is 19.1 Å². The molecule has 0 saturated carbocycles. The van der Waals surface area contributed by atoms with Crippen molar-refractivity contribution in [2.45, 2.75) is 13.3 Å². The van der Waals surface area contributed by atoms with Crippen molar-refractivity contribution in [3.8, 4) is 11.5 Å². The first kappa shape index (κ1) is 7.65. The van der Waals surface area contributed by atoms with E-state index < -0.39 is 13.0 Å². The van der Waals surface area contributed by atoms with Crippen molar-refractivity contribution in [3.63, 3.8) is 0 Å². The Morgan fingerprint density at radius 3 is 2.80 bits per heavy atom. The number of aliphatic hydroxyl groups is 1. The molecule has 3 heteroatoms. The molecular formula is C12H13NO2. The van der Waals surface area contributed by atoms with E-state index in [1.54, 1.807) is 6.92 Å². The molecule has 0 unspecified atom stereocenters. The van der Waals surface area contributed by atoms with Crippen LogP contribution < -0.4 is 0 Å². The lowest BCUT2D eigenvalue weighted by atomic mass is 10.2. The van der Waals surface area contributed by atoms with Gasteiger partial charge in [-0.15, -0.1) is 0 Å². The first-order valence-corrected chi connectivity index (χ1v) is 4.69. The van der Waals surface area contributed by atoms with Gasteiger partial charge in [-0.1, -0.05) is 18.2 Å². The molecular weight excluding hydrogens is 190 g/mol. The van der Waals surface area contributed by atoms with Crippen molar-refractivity contribution in [1.29, 1.82) is 0 Å². The molecule has 0 fully saturated rings. The van der Waals surface area contributed by atoms with Crippen molar-refractivity contribution in [3.05, 3.63) is 41.8 Å². The van der Waals surface area contributed by atoms with Crippen LogP contribution in [-0.4, -0.2) is 16.7 Å². The van der Waals surface area contributed by atoms with Gasteiger partial charge in [0.25, 0.3) is 0 Å². The van der Waals surface area contributed by atoms with Crippen LogP contribution in [0.3, 0.4) is 0 Å². The minimum atomic E-state index is -1.87. The normalized spacial score (nSPS) is 13.5. The van der Waals surface area contributed by atoms with E-state index in [1.165, 1.54) is 0 Å².